The van der Waals surface area contributed by atoms with Crippen molar-refractivity contribution in [2.75, 3.05) is 19.4 Å². The molecule has 3 atom stereocenters. The molecule has 0 aromatic heterocycles. The van der Waals surface area contributed by atoms with Crippen LogP contribution in [0.25, 0.3) is 0 Å². The highest BCUT2D eigenvalue weighted by atomic mass is 35.5. The molecule has 0 bridgehead atoms. The molecule has 3 nitrogen and oxygen atoms in total. The van der Waals surface area contributed by atoms with Crippen molar-refractivity contribution in [3.8, 4) is 0 Å². The first-order valence-corrected chi connectivity index (χ1v) is 7.87. The molecule has 1 aliphatic carbocycles. The number of benzene rings is 1. The minimum atomic E-state index is 0.371. The maximum Gasteiger partial charge on any atom is 0.0612 e. The summed E-state index contributed by atoms with van der Waals surface area (Å²) in [5, 5.41) is 8.45. The summed E-state index contributed by atoms with van der Waals surface area (Å²) in [6, 6.07) is 6.65. The highest BCUT2D eigenvalue weighted by Gasteiger charge is 2.28. The van der Waals surface area contributed by atoms with E-state index in [-0.39, 0.29) is 0 Å². The van der Waals surface area contributed by atoms with E-state index in [0.29, 0.717) is 28.3 Å². The van der Waals surface area contributed by atoms with Gasteiger partial charge in [-0.15, -0.1) is 0 Å². The molecule has 1 saturated carbocycles. The third kappa shape index (κ3) is 4.01. The van der Waals surface area contributed by atoms with Gasteiger partial charge in [0, 0.05) is 17.8 Å². The van der Waals surface area contributed by atoms with E-state index in [1.807, 2.05) is 18.2 Å². The van der Waals surface area contributed by atoms with Crippen LogP contribution in [0.15, 0.2) is 18.2 Å². The van der Waals surface area contributed by atoms with Crippen LogP contribution >= 0.6 is 23.2 Å². The Morgan fingerprint density at radius 1 is 1.15 bits per heavy atom. The van der Waals surface area contributed by atoms with E-state index in [2.05, 4.69) is 36.6 Å². The largest absolute Gasteiger partial charge is 0.381 e. The lowest BCUT2D eigenvalue weighted by Gasteiger charge is -2.29. The van der Waals surface area contributed by atoms with Crippen molar-refractivity contribution >= 4 is 28.9 Å². The van der Waals surface area contributed by atoms with Gasteiger partial charge in [-0.3, -0.25) is 10.2 Å². The molecule has 0 radical (unpaired) electrons. The van der Waals surface area contributed by atoms with Gasteiger partial charge in [-0.2, -0.15) is 0 Å². The smallest absolute Gasteiger partial charge is 0.0612 e. The molecule has 5 heteroatoms. The van der Waals surface area contributed by atoms with Gasteiger partial charge in [0.1, 0.15) is 0 Å². The Bertz CT molecular complexity index is 451. The first-order valence-electron chi connectivity index (χ1n) is 7.11. The van der Waals surface area contributed by atoms with Gasteiger partial charge in [0.05, 0.1) is 16.2 Å². The van der Waals surface area contributed by atoms with Gasteiger partial charge in [-0.1, -0.05) is 23.2 Å². The molecular weight excluding hydrogens is 293 g/mol. The molecular formula is C15H23Cl2N3. The van der Waals surface area contributed by atoms with Crippen molar-refractivity contribution in [3.05, 3.63) is 28.2 Å². The first kappa shape index (κ1) is 15.9. The number of nitrogens with zero attached hydrogens (tertiary/aromatic N) is 1. The van der Waals surface area contributed by atoms with Gasteiger partial charge in [0.2, 0.25) is 0 Å². The second kappa shape index (κ2) is 6.99. The monoisotopic (exact) mass is 315 g/mol. The molecule has 112 valence electrons. The normalized spacial score (nSPS) is 24.1. The SMILES string of the molecule is CC(NC1CCCC1Nc1ccc(Cl)c(Cl)c1)N(C)C. The van der Waals surface area contributed by atoms with Crippen molar-refractivity contribution in [2.24, 2.45) is 0 Å². The van der Waals surface area contributed by atoms with Crippen LogP contribution in [-0.2, 0) is 0 Å². The Labute approximate surface area is 131 Å². The summed E-state index contributed by atoms with van der Waals surface area (Å²) in [5.41, 5.74) is 1.04. The third-order valence-corrected chi connectivity index (χ3v) is 4.76. The van der Waals surface area contributed by atoms with E-state index in [1.165, 1.54) is 19.3 Å². The molecule has 0 aliphatic heterocycles. The van der Waals surface area contributed by atoms with Crippen LogP contribution in [0.3, 0.4) is 0 Å². The van der Waals surface area contributed by atoms with Crippen LogP contribution in [0.1, 0.15) is 26.2 Å². The van der Waals surface area contributed by atoms with E-state index in [9.17, 15) is 0 Å². The van der Waals surface area contributed by atoms with Gasteiger partial charge < -0.3 is 5.32 Å². The van der Waals surface area contributed by atoms with Gasteiger partial charge in [0.15, 0.2) is 0 Å². The lowest BCUT2D eigenvalue weighted by Crippen LogP contribution is -2.49. The summed E-state index contributed by atoms with van der Waals surface area (Å²) in [6.07, 6.45) is 4.00. The molecule has 2 N–H and O–H groups in total. The van der Waals surface area contributed by atoms with Crippen molar-refractivity contribution in [1.29, 1.82) is 0 Å². The third-order valence-electron chi connectivity index (χ3n) is 4.02. The van der Waals surface area contributed by atoms with Gasteiger partial charge >= 0.3 is 0 Å². The Kier molecular flexibility index (Phi) is 5.56. The minimum Gasteiger partial charge on any atom is -0.381 e. The number of anilines is 1. The highest BCUT2D eigenvalue weighted by Crippen LogP contribution is 2.28. The van der Waals surface area contributed by atoms with Crippen molar-refractivity contribution in [1.82, 2.24) is 10.2 Å². The fraction of sp³-hybridized carbons (Fsp3) is 0.600. The fourth-order valence-electron chi connectivity index (χ4n) is 2.59. The predicted molar refractivity (Wildman–Crippen MR) is 87.8 cm³/mol. The average Bonchev–Trinajstić information content (AvgIpc) is 2.81. The van der Waals surface area contributed by atoms with Crippen molar-refractivity contribution < 1.29 is 0 Å². The summed E-state index contributed by atoms with van der Waals surface area (Å²) in [6.45, 7) is 2.19. The highest BCUT2D eigenvalue weighted by molar-refractivity contribution is 6.42. The van der Waals surface area contributed by atoms with Crippen LogP contribution < -0.4 is 10.6 Å². The predicted octanol–water partition coefficient (Wildman–Crippen LogP) is 3.82. The maximum atomic E-state index is 6.07. The summed E-state index contributed by atoms with van der Waals surface area (Å²) < 4.78 is 0. The van der Waals surface area contributed by atoms with Crippen LogP contribution in [-0.4, -0.2) is 37.2 Å². The lowest BCUT2D eigenvalue weighted by atomic mass is 10.1. The maximum absolute atomic E-state index is 6.07. The molecule has 2 rings (SSSR count). The van der Waals surface area contributed by atoms with Crippen LogP contribution in [0.5, 0.6) is 0 Å². The summed E-state index contributed by atoms with van der Waals surface area (Å²) >= 11 is 12.0. The number of nitrogens with one attached hydrogen (secondary N) is 2. The number of rotatable bonds is 5. The van der Waals surface area contributed by atoms with Gasteiger partial charge in [0.25, 0.3) is 0 Å². The fourth-order valence-corrected chi connectivity index (χ4v) is 2.89. The average molecular weight is 316 g/mol. The lowest BCUT2D eigenvalue weighted by molar-refractivity contribution is 0.239. The topological polar surface area (TPSA) is 27.3 Å². The molecule has 20 heavy (non-hydrogen) atoms. The number of hydrogen-bond donors (Lipinski definition) is 2. The number of hydrogen-bond acceptors (Lipinski definition) is 3. The van der Waals surface area contributed by atoms with Crippen molar-refractivity contribution in [3.63, 3.8) is 0 Å². The van der Waals surface area contributed by atoms with E-state index in [4.69, 9.17) is 23.2 Å². The Balaban J connectivity index is 1.98. The summed E-state index contributed by atoms with van der Waals surface area (Å²) in [5.74, 6) is 0. The molecule has 1 fully saturated rings. The minimum absolute atomic E-state index is 0.371. The molecule has 0 heterocycles. The van der Waals surface area contributed by atoms with E-state index < -0.39 is 0 Å². The second-order valence-corrected chi connectivity index (χ2v) is 6.54. The molecule has 0 saturated heterocycles. The molecule has 1 aromatic rings. The Morgan fingerprint density at radius 2 is 1.85 bits per heavy atom. The molecule has 3 unspecified atom stereocenters. The van der Waals surface area contributed by atoms with Gasteiger partial charge in [-0.25, -0.2) is 0 Å². The molecule has 0 amide bonds. The standard InChI is InChI=1S/C15H23Cl2N3/c1-10(20(2)3)18-14-5-4-6-15(14)19-11-7-8-12(16)13(17)9-11/h7-10,14-15,18-19H,4-6H2,1-3H3. The first-order chi connectivity index (χ1) is 9.47. The van der Waals surface area contributed by atoms with E-state index in [1.54, 1.807) is 0 Å². The van der Waals surface area contributed by atoms with Crippen LogP contribution in [0.2, 0.25) is 10.0 Å². The van der Waals surface area contributed by atoms with E-state index >= 15 is 0 Å². The van der Waals surface area contributed by atoms with Crippen LogP contribution in [0.4, 0.5) is 5.69 Å². The molecule has 0 spiro atoms. The molecule has 1 aromatic carbocycles. The van der Waals surface area contributed by atoms with Crippen LogP contribution in [0, 0.1) is 0 Å². The van der Waals surface area contributed by atoms with E-state index in [0.717, 1.165) is 5.69 Å². The summed E-state index contributed by atoms with van der Waals surface area (Å²) in [4.78, 5) is 2.19. The van der Waals surface area contributed by atoms with Crippen molar-refractivity contribution in [2.45, 2.75) is 44.4 Å². The molecule has 1 aliphatic rings. The Morgan fingerprint density at radius 3 is 2.50 bits per heavy atom. The zero-order valence-corrected chi connectivity index (χ0v) is 13.8. The van der Waals surface area contributed by atoms with Gasteiger partial charge in [-0.05, 0) is 58.5 Å². The summed E-state index contributed by atoms with van der Waals surface area (Å²) in [7, 11) is 4.18. The Hall–Kier alpha value is -0.480. The second-order valence-electron chi connectivity index (χ2n) is 5.72. The number of halogens is 2. The zero-order valence-electron chi connectivity index (χ0n) is 12.3. The quantitative estimate of drug-likeness (QED) is 0.809. The zero-order chi connectivity index (χ0) is 14.7.